The van der Waals surface area contributed by atoms with Crippen molar-refractivity contribution in [3.05, 3.63) is 53.6 Å². The number of carbonyl (C=O) groups is 1. The molecule has 0 aromatic heterocycles. The lowest BCUT2D eigenvalue weighted by Gasteiger charge is -2.31. The summed E-state index contributed by atoms with van der Waals surface area (Å²) in [6, 6.07) is 13.5. The molecular weight excluding hydrogens is 436 g/mol. The summed E-state index contributed by atoms with van der Waals surface area (Å²) >= 11 is 5.87. The Hall–Kier alpha value is -2.09. The number of halogens is 1. The molecule has 6 nitrogen and oxygen atoms in total. The van der Waals surface area contributed by atoms with Crippen LogP contribution in [0.2, 0.25) is 5.02 Å². The van der Waals surface area contributed by atoms with Crippen molar-refractivity contribution >= 4 is 33.2 Å². The van der Waals surface area contributed by atoms with Crippen molar-refractivity contribution in [2.75, 3.05) is 18.4 Å². The Morgan fingerprint density at radius 2 is 1.65 bits per heavy atom. The van der Waals surface area contributed by atoms with Gasteiger partial charge in [-0.3, -0.25) is 4.79 Å². The van der Waals surface area contributed by atoms with Gasteiger partial charge in [0.25, 0.3) is 0 Å². The lowest BCUT2D eigenvalue weighted by atomic mass is 9.99. The third-order valence-electron chi connectivity index (χ3n) is 5.93. The van der Waals surface area contributed by atoms with Gasteiger partial charge >= 0.3 is 0 Å². The first-order valence-corrected chi connectivity index (χ1v) is 12.6. The molecule has 0 bridgehead atoms. The van der Waals surface area contributed by atoms with E-state index in [9.17, 15) is 13.2 Å². The highest BCUT2D eigenvalue weighted by Crippen LogP contribution is 2.27. The Morgan fingerprint density at radius 1 is 0.968 bits per heavy atom. The number of carbonyl (C=O) groups excluding carboxylic acids is 1. The highest BCUT2D eigenvalue weighted by molar-refractivity contribution is 7.89. The number of amides is 1. The summed E-state index contributed by atoms with van der Waals surface area (Å²) in [7, 11) is -3.66. The molecule has 1 N–H and O–H groups in total. The van der Waals surface area contributed by atoms with Gasteiger partial charge in [0.15, 0.2) is 0 Å². The Bertz CT molecular complexity index is 1000. The van der Waals surface area contributed by atoms with E-state index in [1.807, 2.05) is 24.3 Å². The average molecular weight is 463 g/mol. The van der Waals surface area contributed by atoms with Crippen LogP contribution >= 0.6 is 11.6 Å². The molecule has 166 valence electrons. The normalized spacial score (nSPS) is 20.5. The van der Waals surface area contributed by atoms with Crippen LogP contribution in [0.4, 0.5) is 5.69 Å². The van der Waals surface area contributed by atoms with Gasteiger partial charge in [-0.2, -0.15) is 4.31 Å². The van der Waals surface area contributed by atoms with Gasteiger partial charge in [0.05, 0.1) is 16.9 Å². The van der Waals surface area contributed by atoms with Crippen LogP contribution in [0.25, 0.3) is 0 Å². The maximum absolute atomic E-state index is 12.9. The lowest BCUT2D eigenvalue weighted by Crippen LogP contribution is -2.43. The minimum atomic E-state index is -3.66. The summed E-state index contributed by atoms with van der Waals surface area (Å²) in [6.45, 7) is 0.571. The van der Waals surface area contributed by atoms with Gasteiger partial charge in [-0.15, -0.1) is 0 Å². The SMILES string of the molecule is O=C(Nc1ccc(OC2CCCC2)cc1)C1CCCN(S(=O)(=O)c2ccc(Cl)cc2)C1. The summed E-state index contributed by atoms with van der Waals surface area (Å²) in [5, 5.41) is 3.40. The maximum atomic E-state index is 12.9. The lowest BCUT2D eigenvalue weighted by molar-refractivity contribution is -0.120. The zero-order valence-corrected chi connectivity index (χ0v) is 18.9. The molecule has 1 atom stereocenters. The van der Waals surface area contributed by atoms with Crippen molar-refractivity contribution in [2.24, 2.45) is 5.92 Å². The average Bonchev–Trinajstić information content (AvgIpc) is 3.28. The maximum Gasteiger partial charge on any atom is 0.243 e. The monoisotopic (exact) mass is 462 g/mol. The van der Waals surface area contributed by atoms with Crippen LogP contribution < -0.4 is 10.1 Å². The molecule has 2 aromatic rings. The van der Waals surface area contributed by atoms with Crippen molar-refractivity contribution in [2.45, 2.75) is 49.5 Å². The van der Waals surface area contributed by atoms with E-state index in [1.165, 1.54) is 29.3 Å². The van der Waals surface area contributed by atoms with E-state index in [0.29, 0.717) is 30.1 Å². The van der Waals surface area contributed by atoms with E-state index in [-0.39, 0.29) is 23.5 Å². The molecule has 31 heavy (non-hydrogen) atoms. The number of anilines is 1. The molecule has 1 unspecified atom stereocenters. The van der Waals surface area contributed by atoms with Crippen LogP contribution in [0.1, 0.15) is 38.5 Å². The van der Waals surface area contributed by atoms with Crippen molar-refractivity contribution < 1.29 is 17.9 Å². The number of ether oxygens (including phenoxy) is 1. The molecule has 1 saturated heterocycles. The topological polar surface area (TPSA) is 75.7 Å². The fourth-order valence-corrected chi connectivity index (χ4v) is 5.84. The van der Waals surface area contributed by atoms with E-state index < -0.39 is 15.9 Å². The molecule has 0 spiro atoms. The molecular formula is C23H27ClN2O4S. The molecule has 1 saturated carbocycles. The predicted molar refractivity (Wildman–Crippen MR) is 121 cm³/mol. The van der Waals surface area contributed by atoms with Crippen LogP contribution in [0.15, 0.2) is 53.4 Å². The van der Waals surface area contributed by atoms with E-state index >= 15 is 0 Å². The molecule has 4 rings (SSSR count). The van der Waals surface area contributed by atoms with Gasteiger partial charge in [0.1, 0.15) is 5.75 Å². The molecule has 1 aliphatic carbocycles. The summed E-state index contributed by atoms with van der Waals surface area (Å²) < 4.78 is 33.2. The highest BCUT2D eigenvalue weighted by atomic mass is 35.5. The van der Waals surface area contributed by atoms with E-state index in [1.54, 1.807) is 12.1 Å². The standard InChI is InChI=1S/C23H27ClN2O4S/c24-18-7-13-22(14-8-18)31(28,29)26-15-3-4-17(16-26)23(27)25-19-9-11-21(12-10-19)30-20-5-1-2-6-20/h7-14,17,20H,1-6,15-16H2,(H,25,27). The van der Waals surface area contributed by atoms with Crippen LogP contribution in [-0.4, -0.2) is 37.8 Å². The quantitative estimate of drug-likeness (QED) is 0.675. The smallest absolute Gasteiger partial charge is 0.243 e. The van der Waals surface area contributed by atoms with E-state index in [2.05, 4.69) is 5.32 Å². The molecule has 1 amide bonds. The Balaban J connectivity index is 1.36. The summed E-state index contributed by atoms with van der Waals surface area (Å²) in [5.74, 6) is 0.244. The van der Waals surface area contributed by atoms with Crippen molar-refractivity contribution in [1.82, 2.24) is 4.31 Å². The Labute approximate surface area is 188 Å². The predicted octanol–water partition coefficient (Wildman–Crippen LogP) is 4.70. The third kappa shape index (κ3) is 5.40. The summed E-state index contributed by atoms with van der Waals surface area (Å²) in [4.78, 5) is 13.0. The zero-order chi connectivity index (χ0) is 21.8. The first-order valence-electron chi connectivity index (χ1n) is 10.7. The number of nitrogens with zero attached hydrogens (tertiary/aromatic N) is 1. The third-order valence-corrected chi connectivity index (χ3v) is 8.06. The molecule has 8 heteroatoms. The van der Waals surface area contributed by atoms with Gasteiger partial charge < -0.3 is 10.1 Å². The minimum absolute atomic E-state index is 0.166. The first-order chi connectivity index (χ1) is 14.9. The van der Waals surface area contributed by atoms with Crippen LogP contribution in [0.5, 0.6) is 5.75 Å². The molecule has 2 aromatic carbocycles. The van der Waals surface area contributed by atoms with Crippen molar-refractivity contribution in [1.29, 1.82) is 0 Å². The number of benzene rings is 2. The van der Waals surface area contributed by atoms with Crippen molar-refractivity contribution in [3.8, 4) is 5.75 Å². The fourth-order valence-electron chi connectivity index (χ4n) is 4.19. The molecule has 1 heterocycles. The van der Waals surface area contributed by atoms with Crippen molar-refractivity contribution in [3.63, 3.8) is 0 Å². The van der Waals surface area contributed by atoms with Crippen LogP contribution in [-0.2, 0) is 14.8 Å². The van der Waals surface area contributed by atoms with Gasteiger partial charge in [0, 0.05) is 23.8 Å². The van der Waals surface area contributed by atoms with Gasteiger partial charge in [0.2, 0.25) is 15.9 Å². The summed E-state index contributed by atoms with van der Waals surface area (Å²) in [5.41, 5.74) is 0.682. The van der Waals surface area contributed by atoms with Gasteiger partial charge in [-0.1, -0.05) is 11.6 Å². The van der Waals surface area contributed by atoms with Gasteiger partial charge in [-0.05, 0) is 87.1 Å². The summed E-state index contributed by atoms with van der Waals surface area (Å²) in [6.07, 6.45) is 6.19. The number of rotatable bonds is 6. The van der Waals surface area contributed by atoms with Crippen LogP contribution in [0.3, 0.4) is 0 Å². The second-order valence-electron chi connectivity index (χ2n) is 8.19. The largest absolute Gasteiger partial charge is 0.490 e. The Morgan fingerprint density at radius 3 is 2.32 bits per heavy atom. The molecule has 2 aliphatic rings. The second-order valence-corrected chi connectivity index (χ2v) is 10.6. The molecule has 0 radical (unpaired) electrons. The fraction of sp³-hybridized carbons (Fsp3) is 0.435. The Kier molecular flexibility index (Phi) is 6.84. The highest BCUT2D eigenvalue weighted by Gasteiger charge is 2.33. The van der Waals surface area contributed by atoms with E-state index in [4.69, 9.17) is 16.3 Å². The number of hydrogen-bond donors (Lipinski definition) is 1. The van der Waals surface area contributed by atoms with Gasteiger partial charge in [-0.25, -0.2) is 8.42 Å². The molecule has 2 fully saturated rings. The number of sulfonamides is 1. The number of nitrogens with one attached hydrogen (secondary N) is 1. The van der Waals surface area contributed by atoms with E-state index in [0.717, 1.165) is 18.6 Å². The van der Waals surface area contributed by atoms with Crippen LogP contribution in [0, 0.1) is 5.92 Å². The number of piperidine rings is 1. The minimum Gasteiger partial charge on any atom is -0.490 e. The molecule has 1 aliphatic heterocycles. The number of hydrogen-bond acceptors (Lipinski definition) is 4. The zero-order valence-electron chi connectivity index (χ0n) is 17.3. The first kappa shape index (κ1) is 22.1. The second kappa shape index (κ2) is 9.59.